The van der Waals surface area contributed by atoms with Crippen LogP contribution in [0.1, 0.15) is 12.0 Å². The minimum absolute atomic E-state index is 0.00157. The molecule has 0 fully saturated rings. The monoisotopic (exact) mass is 333 g/mol. The number of ether oxygens (including phenoxy) is 2. The lowest BCUT2D eigenvalue weighted by Crippen LogP contribution is -2.29. The molecule has 1 amide bonds. The van der Waals surface area contributed by atoms with Crippen LogP contribution in [0.25, 0.3) is 0 Å². The van der Waals surface area contributed by atoms with E-state index in [1.807, 2.05) is 24.3 Å². The molecule has 0 aliphatic heterocycles. The Kier molecular flexibility index (Phi) is 6.76. The molecule has 0 saturated heterocycles. The van der Waals surface area contributed by atoms with Crippen LogP contribution in [0.5, 0.6) is 11.5 Å². The van der Waals surface area contributed by atoms with Gasteiger partial charge in [0.25, 0.3) is 5.91 Å². The van der Waals surface area contributed by atoms with Crippen molar-refractivity contribution in [1.29, 1.82) is 0 Å². The van der Waals surface area contributed by atoms with Crippen molar-refractivity contribution in [2.75, 3.05) is 20.3 Å². The first-order valence-corrected chi connectivity index (χ1v) is 7.84. The first-order chi connectivity index (χ1) is 11.2. The van der Waals surface area contributed by atoms with E-state index in [-0.39, 0.29) is 12.5 Å². The number of amides is 1. The van der Waals surface area contributed by atoms with Gasteiger partial charge >= 0.3 is 0 Å². The number of halogens is 1. The summed E-state index contributed by atoms with van der Waals surface area (Å²) in [6, 6.07) is 14.8. The summed E-state index contributed by atoms with van der Waals surface area (Å²) in [5, 5.41) is 3.60. The predicted molar refractivity (Wildman–Crippen MR) is 91.3 cm³/mol. The third-order valence-electron chi connectivity index (χ3n) is 3.33. The summed E-state index contributed by atoms with van der Waals surface area (Å²) in [7, 11) is 1.60. The number of rotatable bonds is 8. The second kappa shape index (κ2) is 9.06. The lowest BCUT2D eigenvalue weighted by molar-refractivity contribution is -0.123. The van der Waals surface area contributed by atoms with Crippen LogP contribution in [-0.4, -0.2) is 26.2 Å². The van der Waals surface area contributed by atoms with E-state index in [0.717, 1.165) is 29.2 Å². The molecule has 23 heavy (non-hydrogen) atoms. The Hall–Kier alpha value is -2.20. The molecule has 0 radical (unpaired) electrons. The van der Waals surface area contributed by atoms with Crippen molar-refractivity contribution in [3.63, 3.8) is 0 Å². The van der Waals surface area contributed by atoms with E-state index in [9.17, 15) is 4.79 Å². The van der Waals surface area contributed by atoms with Gasteiger partial charge in [-0.05, 0) is 48.7 Å². The molecule has 2 rings (SSSR count). The first-order valence-electron chi connectivity index (χ1n) is 7.46. The van der Waals surface area contributed by atoms with E-state index in [2.05, 4.69) is 5.32 Å². The average Bonchev–Trinajstić information content (AvgIpc) is 2.59. The van der Waals surface area contributed by atoms with Crippen molar-refractivity contribution >= 4 is 17.5 Å². The molecule has 2 aromatic rings. The number of hydrogen-bond acceptors (Lipinski definition) is 3. The maximum atomic E-state index is 11.7. The minimum atomic E-state index is -0.139. The number of methoxy groups -OCH3 is 1. The zero-order chi connectivity index (χ0) is 16.5. The lowest BCUT2D eigenvalue weighted by atomic mass is 10.1. The van der Waals surface area contributed by atoms with E-state index < -0.39 is 0 Å². The molecular formula is C18H20ClNO3. The third-order valence-corrected chi connectivity index (χ3v) is 3.70. The molecule has 4 nitrogen and oxygen atoms in total. The van der Waals surface area contributed by atoms with Crippen LogP contribution in [0, 0.1) is 0 Å². The van der Waals surface area contributed by atoms with Crippen LogP contribution < -0.4 is 14.8 Å². The van der Waals surface area contributed by atoms with Crippen molar-refractivity contribution in [1.82, 2.24) is 5.32 Å². The number of hydrogen-bond donors (Lipinski definition) is 1. The fraction of sp³-hybridized carbons (Fsp3) is 0.278. The van der Waals surface area contributed by atoms with Crippen molar-refractivity contribution in [3.05, 3.63) is 59.1 Å². The van der Waals surface area contributed by atoms with Crippen molar-refractivity contribution < 1.29 is 14.3 Å². The second-order valence-corrected chi connectivity index (χ2v) is 5.42. The van der Waals surface area contributed by atoms with Gasteiger partial charge in [0.15, 0.2) is 6.61 Å². The molecule has 0 aromatic heterocycles. The predicted octanol–water partition coefficient (Wildman–Crippen LogP) is 3.48. The Morgan fingerprint density at radius 3 is 2.48 bits per heavy atom. The molecule has 0 aliphatic carbocycles. The van der Waals surface area contributed by atoms with Gasteiger partial charge in [0.1, 0.15) is 11.5 Å². The number of nitrogens with one attached hydrogen (secondary N) is 1. The highest BCUT2D eigenvalue weighted by molar-refractivity contribution is 6.31. The summed E-state index contributed by atoms with van der Waals surface area (Å²) in [4.78, 5) is 11.7. The number of carbonyl (C=O) groups excluding carboxylic acids is 1. The van der Waals surface area contributed by atoms with Gasteiger partial charge in [-0.15, -0.1) is 0 Å². The molecule has 0 spiro atoms. The van der Waals surface area contributed by atoms with E-state index in [1.165, 1.54) is 0 Å². The average molecular weight is 334 g/mol. The SMILES string of the molecule is COc1ccc(OCC(=O)NCCCc2ccccc2Cl)cc1. The quantitative estimate of drug-likeness (QED) is 0.752. The maximum Gasteiger partial charge on any atom is 0.257 e. The Morgan fingerprint density at radius 2 is 1.78 bits per heavy atom. The highest BCUT2D eigenvalue weighted by atomic mass is 35.5. The minimum Gasteiger partial charge on any atom is -0.497 e. The molecular weight excluding hydrogens is 314 g/mol. The van der Waals surface area contributed by atoms with E-state index in [1.54, 1.807) is 31.4 Å². The molecule has 0 heterocycles. The largest absolute Gasteiger partial charge is 0.497 e. The zero-order valence-corrected chi connectivity index (χ0v) is 13.8. The third kappa shape index (κ3) is 5.83. The highest BCUT2D eigenvalue weighted by Crippen LogP contribution is 2.17. The van der Waals surface area contributed by atoms with E-state index >= 15 is 0 Å². The van der Waals surface area contributed by atoms with Gasteiger partial charge in [-0.3, -0.25) is 4.79 Å². The number of aryl methyl sites for hydroxylation is 1. The fourth-order valence-corrected chi connectivity index (χ4v) is 2.31. The normalized spacial score (nSPS) is 10.2. The van der Waals surface area contributed by atoms with E-state index in [0.29, 0.717) is 12.3 Å². The first kappa shape index (κ1) is 17.2. The van der Waals surface area contributed by atoms with Crippen LogP contribution in [0.15, 0.2) is 48.5 Å². The van der Waals surface area contributed by atoms with Crippen molar-refractivity contribution in [2.45, 2.75) is 12.8 Å². The lowest BCUT2D eigenvalue weighted by Gasteiger charge is -2.08. The van der Waals surface area contributed by atoms with Gasteiger partial charge in [-0.25, -0.2) is 0 Å². The molecule has 0 bridgehead atoms. The van der Waals surface area contributed by atoms with Gasteiger partial charge in [0, 0.05) is 11.6 Å². The maximum absolute atomic E-state index is 11.7. The van der Waals surface area contributed by atoms with Gasteiger partial charge in [0.2, 0.25) is 0 Å². The fourth-order valence-electron chi connectivity index (χ4n) is 2.08. The van der Waals surface area contributed by atoms with Crippen LogP contribution >= 0.6 is 11.6 Å². The molecule has 0 atom stereocenters. The van der Waals surface area contributed by atoms with Gasteiger partial charge in [0.05, 0.1) is 7.11 Å². The number of benzene rings is 2. The van der Waals surface area contributed by atoms with Gasteiger partial charge < -0.3 is 14.8 Å². The Bertz CT molecular complexity index is 628. The van der Waals surface area contributed by atoms with Gasteiger partial charge in [-0.1, -0.05) is 29.8 Å². The van der Waals surface area contributed by atoms with E-state index in [4.69, 9.17) is 21.1 Å². The summed E-state index contributed by atoms with van der Waals surface area (Å²) >= 11 is 6.09. The summed E-state index contributed by atoms with van der Waals surface area (Å²) in [6.07, 6.45) is 1.66. The Morgan fingerprint density at radius 1 is 1.09 bits per heavy atom. The standard InChI is InChI=1S/C18H20ClNO3/c1-22-15-8-10-16(11-9-15)23-13-18(21)20-12-4-6-14-5-2-3-7-17(14)19/h2-3,5,7-11H,4,6,12-13H2,1H3,(H,20,21). The molecule has 0 saturated carbocycles. The summed E-state index contributed by atoms with van der Waals surface area (Å²) in [5.41, 5.74) is 1.10. The van der Waals surface area contributed by atoms with Crippen molar-refractivity contribution in [3.8, 4) is 11.5 Å². The molecule has 5 heteroatoms. The van der Waals surface area contributed by atoms with Crippen molar-refractivity contribution in [2.24, 2.45) is 0 Å². The van der Waals surface area contributed by atoms with Crippen LogP contribution in [0.3, 0.4) is 0 Å². The number of carbonyl (C=O) groups is 1. The highest BCUT2D eigenvalue weighted by Gasteiger charge is 2.03. The molecule has 122 valence electrons. The van der Waals surface area contributed by atoms with Crippen LogP contribution in [0.2, 0.25) is 5.02 Å². The molecule has 0 unspecified atom stereocenters. The summed E-state index contributed by atoms with van der Waals surface area (Å²) in [6.45, 7) is 0.592. The second-order valence-electron chi connectivity index (χ2n) is 5.01. The van der Waals surface area contributed by atoms with Crippen LogP contribution in [-0.2, 0) is 11.2 Å². The summed E-state index contributed by atoms with van der Waals surface area (Å²) < 4.78 is 10.5. The molecule has 1 N–H and O–H groups in total. The Labute approximate surface area is 141 Å². The van der Waals surface area contributed by atoms with Crippen LogP contribution in [0.4, 0.5) is 0 Å². The topological polar surface area (TPSA) is 47.6 Å². The molecule has 2 aromatic carbocycles. The van der Waals surface area contributed by atoms with Gasteiger partial charge in [-0.2, -0.15) is 0 Å². The molecule has 0 aliphatic rings. The summed E-state index contributed by atoms with van der Waals surface area (Å²) in [5.74, 6) is 1.25. The Balaban J connectivity index is 1.64. The zero-order valence-electron chi connectivity index (χ0n) is 13.0. The smallest absolute Gasteiger partial charge is 0.257 e.